The quantitative estimate of drug-likeness (QED) is 0.855. The summed E-state index contributed by atoms with van der Waals surface area (Å²) in [6, 6.07) is 7.16. The molecule has 2 aromatic rings. The average Bonchev–Trinajstić information content (AvgIpc) is 2.44. The summed E-state index contributed by atoms with van der Waals surface area (Å²) in [4.78, 5) is 14.7. The third kappa shape index (κ3) is 4.33. The minimum Gasteiger partial charge on any atom is -0.488 e. The van der Waals surface area contributed by atoms with E-state index in [0.717, 1.165) is 17.2 Å². The van der Waals surface area contributed by atoms with Crippen LogP contribution < -0.4 is 4.74 Å². The van der Waals surface area contributed by atoms with E-state index in [9.17, 15) is 4.79 Å². The maximum atomic E-state index is 10.6. The smallest absolute Gasteiger partial charge is 0.328 e. The fraction of sp³-hybridized carbons (Fsp3) is 0.125. The van der Waals surface area contributed by atoms with Gasteiger partial charge in [0.05, 0.1) is 5.02 Å². The maximum absolute atomic E-state index is 10.6. The zero-order valence-electron chi connectivity index (χ0n) is 11.4. The Bertz CT molecular complexity index is 683. The van der Waals surface area contributed by atoms with Crippen molar-refractivity contribution in [1.29, 1.82) is 0 Å². The fourth-order valence-corrected chi connectivity index (χ4v) is 2.05. The highest BCUT2D eigenvalue weighted by Crippen LogP contribution is 2.28. The van der Waals surface area contributed by atoms with Gasteiger partial charge in [0.15, 0.2) is 0 Å². The Morgan fingerprint density at radius 2 is 2.24 bits per heavy atom. The van der Waals surface area contributed by atoms with E-state index < -0.39 is 5.97 Å². The van der Waals surface area contributed by atoms with E-state index in [2.05, 4.69) is 4.98 Å². The molecule has 0 aliphatic heterocycles. The number of halogens is 1. The van der Waals surface area contributed by atoms with E-state index in [1.165, 1.54) is 6.08 Å². The molecular weight excluding hydrogens is 290 g/mol. The Morgan fingerprint density at radius 3 is 2.95 bits per heavy atom. The molecule has 1 aromatic heterocycles. The van der Waals surface area contributed by atoms with E-state index in [1.54, 1.807) is 30.6 Å². The van der Waals surface area contributed by atoms with Crippen LogP contribution in [0, 0.1) is 6.92 Å². The fourth-order valence-electron chi connectivity index (χ4n) is 1.82. The number of rotatable bonds is 5. The number of carboxylic acid groups (broad SMARTS) is 1. The first-order valence-corrected chi connectivity index (χ1v) is 6.67. The Labute approximate surface area is 127 Å². The average molecular weight is 304 g/mol. The second-order valence-electron chi connectivity index (χ2n) is 4.48. The number of aliphatic carboxylic acids is 1. The number of carbonyl (C=O) groups is 1. The second kappa shape index (κ2) is 6.90. The topological polar surface area (TPSA) is 59.4 Å². The summed E-state index contributed by atoms with van der Waals surface area (Å²) in [6.45, 7) is 2.29. The van der Waals surface area contributed by atoms with Crippen molar-refractivity contribution in [2.45, 2.75) is 13.5 Å². The van der Waals surface area contributed by atoms with Crippen LogP contribution in [0.2, 0.25) is 5.02 Å². The van der Waals surface area contributed by atoms with E-state index in [-0.39, 0.29) is 0 Å². The first-order valence-electron chi connectivity index (χ1n) is 6.29. The van der Waals surface area contributed by atoms with Gasteiger partial charge in [-0.2, -0.15) is 0 Å². The van der Waals surface area contributed by atoms with Crippen molar-refractivity contribution in [2.75, 3.05) is 0 Å². The van der Waals surface area contributed by atoms with Crippen LogP contribution in [-0.2, 0) is 11.4 Å². The Hall–Kier alpha value is -2.33. The Morgan fingerprint density at radius 1 is 1.43 bits per heavy atom. The third-order valence-electron chi connectivity index (χ3n) is 2.73. The standard InChI is InChI=1S/C16H14ClNO3/c1-11-7-12(9-18-8-11)10-21-15-4-2-3-14(17)13(15)5-6-16(19)20/h2-9H,10H2,1H3,(H,19,20)/b6-5+. The van der Waals surface area contributed by atoms with Crippen molar-refractivity contribution < 1.29 is 14.6 Å². The molecule has 2 rings (SSSR count). The van der Waals surface area contributed by atoms with Gasteiger partial charge < -0.3 is 9.84 Å². The zero-order valence-corrected chi connectivity index (χ0v) is 12.2. The van der Waals surface area contributed by atoms with Gasteiger partial charge >= 0.3 is 5.97 Å². The van der Waals surface area contributed by atoms with E-state index in [1.807, 2.05) is 13.0 Å². The van der Waals surface area contributed by atoms with Crippen molar-refractivity contribution in [1.82, 2.24) is 4.98 Å². The molecule has 0 atom stereocenters. The van der Waals surface area contributed by atoms with E-state index >= 15 is 0 Å². The molecule has 5 heteroatoms. The van der Waals surface area contributed by atoms with Gasteiger partial charge in [0.25, 0.3) is 0 Å². The number of nitrogens with zero attached hydrogens (tertiary/aromatic N) is 1. The lowest BCUT2D eigenvalue weighted by Crippen LogP contribution is -1.98. The third-order valence-corrected chi connectivity index (χ3v) is 3.06. The molecule has 0 amide bonds. The number of carboxylic acids is 1. The van der Waals surface area contributed by atoms with Gasteiger partial charge in [-0.25, -0.2) is 4.79 Å². The number of hydrogen-bond donors (Lipinski definition) is 1. The van der Waals surface area contributed by atoms with Crippen molar-refractivity contribution >= 4 is 23.6 Å². The van der Waals surface area contributed by atoms with Gasteiger partial charge in [-0.1, -0.05) is 17.7 Å². The molecule has 0 bridgehead atoms. The van der Waals surface area contributed by atoms with Gasteiger partial charge in [0, 0.05) is 29.6 Å². The van der Waals surface area contributed by atoms with Crippen molar-refractivity contribution in [2.24, 2.45) is 0 Å². The summed E-state index contributed by atoms with van der Waals surface area (Å²) in [7, 11) is 0. The predicted octanol–water partition coefficient (Wildman–Crippen LogP) is 3.72. The summed E-state index contributed by atoms with van der Waals surface area (Å²) < 4.78 is 5.72. The molecule has 0 aliphatic rings. The first kappa shape index (κ1) is 15.1. The van der Waals surface area contributed by atoms with Crippen LogP contribution >= 0.6 is 11.6 Å². The maximum Gasteiger partial charge on any atom is 0.328 e. The molecule has 0 fully saturated rings. The normalized spacial score (nSPS) is 10.8. The van der Waals surface area contributed by atoms with Gasteiger partial charge in [-0.05, 0) is 36.8 Å². The number of aromatic nitrogens is 1. The molecule has 0 saturated heterocycles. The molecule has 1 heterocycles. The number of pyridine rings is 1. The van der Waals surface area contributed by atoms with E-state index in [4.69, 9.17) is 21.4 Å². The number of hydrogen-bond acceptors (Lipinski definition) is 3. The molecule has 21 heavy (non-hydrogen) atoms. The van der Waals surface area contributed by atoms with Gasteiger partial charge in [0.1, 0.15) is 12.4 Å². The van der Waals surface area contributed by atoms with Crippen LogP contribution in [-0.4, -0.2) is 16.1 Å². The van der Waals surface area contributed by atoms with Crippen LogP contribution in [0.1, 0.15) is 16.7 Å². The highest BCUT2D eigenvalue weighted by molar-refractivity contribution is 6.32. The highest BCUT2D eigenvalue weighted by atomic mass is 35.5. The number of ether oxygens (including phenoxy) is 1. The summed E-state index contributed by atoms with van der Waals surface area (Å²) in [5, 5.41) is 9.15. The monoisotopic (exact) mass is 303 g/mol. The summed E-state index contributed by atoms with van der Waals surface area (Å²) in [5.41, 5.74) is 2.53. The number of aryl methyl sites for hydroxylation is 1. The largest absolute Gasteiger partial charge is 0.488 e. The predicted molar refractivity (Wildman–Crippen MR) is 81.4 cm³/mol. The van der Waals surface area contributed by atoms with E-state index in [0.29, 0.717) is 22.9 Å². The summed E-state index contributed by atoms with van der Waals surface area (Å²) in [6.07, 6.45) is 5.95. The molecule has 0 unspecified atom stereocenters. The molecule has 0 saturated carbocycles. The lowest BCUT2D eigenvalue weighted by atomic mass is 10.2. The van der Waals surface area contributed by atoms with Crippen LogP contribution in [0.5, 0.6) is 5.75 Å². The zero-order chi connectivity index (χ0) is 15.2. The van der Waals surface area contributed by atoms with Crippen molar-refractivity contribution in [3.05, 3.63) is 64.4 Å². The van der Waals surface area contributed by atoms with Crippen molar-refractivity contribution in [3.63, 3.8) is 0 Å². The molecule has 0 spiro atoms. The second-order valence-corrected chi connectivity index (χ2v) is 4.89. The lowest BCUT2D eigenvalue weighted by molar-refractivity contribution is -0.131. The summed E-state index contributed by atoms with van der Waals surface area (Å²) in [5.74, 6) is -0.509. The molecule has 1 aromatic carbocycles. The van der Waals surface area contributed by atoms with Gasteiger partial charge in [-0.3, -0.25) is 4.98 Å². The molecule has 0 aliphatic carbocycles. The minimum atomic E-state index is -1.04. The molecule has 1 N–H and O–H groups in total. The van der Waals surface area contributed by atoms with Crippen molar-refractivity contribution in [3.8, 4) is 5.75 Å². The molecule has 0 radical (unpaired) electrons. The molecule has 108 valence electrons. The Kier molecular flexibility index (Phi) is 4.95. The lowest BCUT2D eigenvalue weighted by Gasteiger charge is -2.10. The van der Waals surface area contributed by atoms with Crippen LogP contribution in [0.4, 0.5) is 0 Å². The summed E-state index contributed by atoms with van der Waals surface area (Å²) >= 11 is 6.08. The SMILES string of the molecule is Cc1cncc(COc2cccc(Cl)c2/C=C/C(=O)O)c1. The highest BCUT2D eigenvalue weighted by Gasteiger charge is 2.06. The number of benzene rings is 1. The molecular formula is C16H14ClNO3. The molecule has 4 nitrogen and oxygen atoms in total. The minimum absolute atomic E-state index is 0.336. The van der Waals surface area contributed by atoms with Crippen LogP contribution in [0.3, 0.4) is 0 Å². The Balaban J connectivity index is 2.20. The van der Waals surface area contributed by atoms with Crippen LogP contribution in [0.25, 0.3) is 6.08 Å². The first-order chi connectivity index (χ1) is 10.1. The van der Waals surface area contributed by atoms with Gasteiger partial charge in [0.2, 0.25) is 0 Å². The van der Waals surface area contributed by atoms with Crippen LogP contribution in [0.15, 0.2) is 42.7 Å². The van der Waals surface area contributed by atoms with Gasteiger partial charge in [-0.15, -0.1) is 0 Å².